The van der Waals surface area contributed by atoms with Gasteiger partial charge in [0.25, 0.3) is 0 Å². The second kappa shape index (κ2) is 7.90. The largest absolute Gasteiger partial charge is 0.302 e. The Bertz CT molecular complexity index is 410. The number of hydrogen-bond donors (Lipinski definition) is 1. The van der Waals surface area contributed by atoms with E-state index in [-0.39, 0.29) is 10.8 Å². The number of hydrogen-bond acceptors (Lipinski definition) is 3. The van der Waals surface area contributed by atoms with Crippen molar-refractivity contribution in [1.29, 1.82) is 0 Å². The normalized spacial score (nSPS) is 22.3. The molecule has 0 aliphatic carbocycles. The van der Waals surface area contributed by atoms with Crippen molar-refractivity contribution in [3.63, 3.8) is 0 Å². The third-order valence-electron chi connectivity index (χ3n) is 5.20. The Morgan fingerprint density at radius 3 is 2.36 bits per heavy atom. The van der Waals surface area contributed by atoms with Gasteiger partial charge in [-0.25, -0.2) is 0 Å². The van der Waals surface area contributed by atoms with Gasteiger partial charge in [0, 0.05) is 5.41 Å². The molecule has 0 aromatic heterocycles. The van der Waals surface area contributed by atoms with E-state index in [0.29, 0.717) is 17.9 Å². The number of nitrogens with zero attached hydrogens (tertiary/aromatic N) is 1. The number of thioether (sulfide) groups is 1. The summed E-state index contributed by atoms with van der Waals surface area (Å²) in [6.07, 6.45) is 5.96. The maximum Gasteiger partial charge on any atom is 0.103 e. The van der Waals surface area contributed by atoms with E-state index in [1.54, 1.807) is 11.8 Å². The standard InChI is InChI=1S/C19H36N2S/c1-9-11-19(8,13-14(2)3)18(6,7)17-21-20-16(15(4)5)10-12-22-17/h10,12,14-16,20H,9,11,13H2,1-8H3. The van der Waals surface area contributed by atoms with Crippen molar-refractivity contribution in [1.82, 2.24) is 5.43 Å². The van der Waals surface area contributed by atoms with Crippen LogP contribution >= 0.6 is 11.8 Å². The lowest BCUT2D eigenvalue weighted by Gasteiger charge is -2.46. The molecule has 1 rings (SSSR count). The van der Waals surface area contributed by atoms with Crippen molar-refractivity contribution in [3.05, 3.63) is 11.5 Å². The summed E-state index contributed by atoms with van der Waals surface area (Å²) in [4.78, 5) is 0. The zero-order chi connectivity index (χ0) is 17.0. The topological polar surface area (TPSA) is 24.4 Å². The zero-order valence-electron chi connectivity index (χ0n) is 15.9. The van der Waals surface area contributed by atoms with Crippen LogP contribution in [0, 0.1) is 22.7 Å². The van der Waals surface area contributed by atoms with Gasteiger partial charge in [0.2, 0.25) is 0 Å². The van der Waals surface area contributed by atoms with Crippen molar-refractivity contribution in [2.45, 2.75) is 80.7 Å². The number of rotatable bonds is 7. The molecule has 3 heteroatoms. The van der Waals surface area contributed by atoms with E-state index >= 15 is 0 Å². The summed E-state index contributed by atoms with van der Waals surface area (Å²) in [5.74, 6) is 1.26. The SMILES string of the molecule is CCCC(C)(CC(C)C)C(C)(C)C1=NNC(C(C)C)C=CS1. The van der Waals surface area contributed by atoms with Gasteiger partial charge in [-0.3, -0.25) is 0 Å². The Labute approximate surface area is 142 Å². The van der Waals surface area contributed by atoms with Gasteiger partial charge in [0.05, 0.1) is 6.04 Å². The first kappa shape index (κ1) is 19.6. The van der Waals surface area contributed by atoms with Crippen molar-refractivity contribution in [2.75, 3.05) is 0 Å². The van der Waals surface area contributed by atoms with E-state index in [1.165, 1.54) is 24.3 Å². The average molecular weight is 325 g/mol. The highest BCUT2D eigenvalue weighted by atomic mass is 32.2. The van der Waals surface area contributed by atoms with Gasteiger partial charge in [0.15, 0.2) is 0 Å². The van der Waals surface area contributed by atoms with E-state index in [4.69, 9.17) is 5.10 Å². The summed E-state index contributed by atoms with van der Waals surface area (Å²) in [5, 5.41) is 8.27. The van der Waals surface area contributed by atoms with Crippen LogP contribution in [0.3, 0.4) is 0 Å². The lowest BCUT2D eigenvalue weighted by molar-refractivity contribution is 0.112. The predicted molar refractivity (Wildman–Crippen MR) is 102 cm³/mol. The maximum absolute atomic E-state index is 4.82. The Morgan fingerprint density at radius 1 is 1.23 bits per heavy atom. The highest BCUT2D eigenvalue weighted by Crippen LogP contribution is 2.50. The first-order valence-corrected chi connectivity index (χ1v) is 9.69. The average Bonchev–Trinajstić information content (AvgIpc) is 2.63. The molecular formula is C19H36N2S. The molecule has 0 aromatic rings. The van der Waals surface area contributed by atoms with Crippen LogP contribution in [-0.4, -0.2) is 11.1 Å². The van der Waals surface area contributed by atoms with Crippen molar-refractivity contribution in [3.8, 4) is 0 Å². The second-order valence-corrected chi connectivity index (χ2v) is 9.19. The third kappa shape index (κ3) is 4.53. The van der Waals surface area contributed by atoms with Crippen LogP contribution in [-0.2, 0) is 0 Å². The number of hydrazone groups is 1. The summed E-state index contributed by atoms with van der Waals surface area (Å²) in [5.41, 5.74) is 3.73. The minimum absolute atomic E-state index is 0.0706. The van der Waals surface area contributed by atoms with E-state index in [2.05, 4.69) is 72.3 Å². The fourth-order valence-corrected chi connectivity index (χ4v) is 4.45. The quantitative estimate of drug-likeness (QED) is 0.616. The first-order chi connectivity index (χ1) is 10.1. The Balaban J connectivity index is 3.06. The van der Waals surface area contributed by atoms with E-state index in [9.17, 15) is 0 Å². The highest BCUT2D eigenvalue weighted by molar-refractivity contribution is 8.16. The Morgan fingerprint density at radius 2 is 1.86 bits per heavy atom. The van der Waals surface area contributed by atoms with Crippen LogP contribution in [0.2, 0.25) is 0 Å². The molecule has 0 aromatic carbocycles. The van der Waals surface area contributed by atoms with Crippen molar-refractivity contribution in [2.24, 2.45) is 27.8 Å². The Kier molecular flexibility index (Phi) is 7.04. The Hall–Kier alpha value is -0.440. The van der Waals surface area contributed by atoms with Gasteiger partial charge in [-0.2, -0.15) is 5.10 Å². The van der Waals surface area contributed by atoms with Crippen LogP contribution in [0.5, 0.6) is 0 Å². The fourth-order valence-electron chi connectivity index (χ4n) is 3.43. The lowest BCUT2D eigenvalue weighted by Crippen LogP contribution is -2.42. The fraction of sp³-hybridized carbons (Fsp3) is 0.842. The predicted octanol–water partition coefficient (Wildman–Crippen LogP) is 6.05. The monoisotopic (exact) mass is 324 g/mol. The molecule has 0 radical (unpaired) electrons. The third-order valence-corrected chi connectivity index (χ3v) is 6.32. The van der Waals surface area contributed by atoms with E-state index in [0.717, 1.165) is 0 Å². The molecule has 0 saturated heterocycles. The molecule has 22 heavy (non-hydrogen) atoms. The van der Waals surface area contributed by atoms with Crippen molar-refractivity contribution < 1.29 is 0 Å². The molecule has 2 nitrogen and oxygen atoms in total. The molecule has 0 saturated carbocycles. The second-order valence-electron chi connectivity index (χ2n) is 8.30. The molecule has 1 N–H and O–H groups in total. The molecule has 128 valence electrons. The molecule has 1 heterocycles. The summed E-state index contributed by atoms with van der Waals surface area (Å²) in [7, 11) is 0. The molecule has 0 amide bonds. The summed E-state index contributed by atoms with van der Waals surface area (Å²) < 4.78 is 0. The van der Waals surface area contributed by atoms with Crippen LogP contribution < -0.4 is 5.43 Å². The maximum atomic E-state index is 4.82. The molecule has 0 bridgehead atoms. The number of nitrogens with one attached hydrogen (secondary N) is 1. The smallest absolute Gasteiger partial charge is 0.103 e. The van der Waals surface area contributed by atoms with Crippen LogP contribution in [0.4, 0.5) is 0 Å². The summed E-state index contributed by atoms with van der Waals surface area (Å²) >= 11 is 1.80. The van der Waals surface area contributed by atoms with Crippen LogP contribution in [0.15, 0.2) is 16.6 Å². The van der Waals surface area contributed by atoms with E-state index < -0.39 is 0 Å². The summed E-state index contributed by atoms with van der Waals surface area (Å²) in [6, 6.07) is 0.336. The zero-order valence-corrected chi connectivity index (χ0v) is 16.7. The molecule has 2 atom stereocenters. The molecule has 0 spiro atoms. The summed E-state index contributed by atoms with van der Waals surface area (Å²) in [6.45, 7) is 18.6. The van der Waals surface area contributed by atoms with Crippen LogP contribution in [0.25, 0.3) is 0 Å². The van der Waals surface area contributed by atoms with Gasteiger partial charge < -0.3 is 5.43 Å². The lowest BCUT2D eigenvalue weighted by atomic mass is 9.61. The molecular weight excluding hydrogens is 288 g/mol. The van der Waals surface area contributed by atoms with Gasteiger partial charge in [-0.05, 0) is 35.5 Å². The van der Waals surface area contributed by atoms with E-state index in [1.807, 2.05) is 0 Å². The minimum Gasteiger partial charge on any atom is -0.302 e. The molecule has 2 unspecified atom stereocenters. The van der Waals surface area contributed by atoms with Gasteiger partial charge in [-0.1, -0.05) is 79.6 Å². The van der Waals surface area contributed by atoms with Gasteiger partial charge in [-0.15, -0.1) is 0 Å². The molecule has 1 aliphatic heterocycles. The van der Waals surface area contributed by atoms with Crippen LogP contribution in [0.1, 0.15) is 74.7 Å². The highest BCUT2D eigenvalue weighted by Gasteiger charge is 2.44. The molecule has 1 aliphatic rings. The van der Waals surface area contributed by atoms with Gasteiger partial charge >= 0.3 is 0 Å². The van der Waals surface area contributed by atoms with Crippen molar-refractivity contribution >= 4 is 16.8 Å². The molecule has 0 fully saturated rings. The first-order valence-electron chi connectivity index (χ1n) is 8.81. The minimum atomic E-state index is 0.0706. The van der Waals surface area contributed by atoms with Gasteiger partial charge in [0.1, 0.15) is 5.04 Å².